The molecule has 1 rings (SSSR count). The highest BCUT2D eigenvalue weighted by molar-refractivity contribution is 7.99. The van der Waals surface area contributed by atoms with Crippen LogP contribution in [0.1, 0.15) is 29.9 Å². The zero-order valence-corrected chi connectivity index (χ0v) is 12.2. The van der Waals surface area contributed by atoms with E-state index in [2.05, 4.69) is 36.0 Å². The average molecular weight is 278 g/mol. The molecule has 102 valence electrons. The fourth-order valence-electron chi connectivity index (χ4n) is 1.27. The molecule has 1 heterocycles. The molecule has 1 aromatic heterocycles. The lowest BCUT2D eigenvalue weighted by Gasteiger charge is -2.22. The first-order chi connectivity index (χ1) is 9.00. The molecule has 0 bridgehead atoms. The summed E-state index contributed by atoms with van der Waals surface area (Å²) in [4.78, 5) is 16.1. The van der Waals surface area contributed by atoms with Gasteiger partial charge in [-0.2, -0.15) is 11.8 Å². The van der Waals surface area contributed by atoms with Gasteiger partial charge in [0.15, 0.2) is 0 Å². The number of carbonyl (C=O) groups is 1. The summed E-state index contributed by atoms with van der Waals surface area (Å²) in [5, 5.41) is 11.6. The highest BCUT2D eigenvalue weighted by atomic mass is 32.2. The van der Waals surface area contributed by atoms with Crippen LogP contribution >= 0.6 is 11.8 Å². The Morgan fingerprint density at radius 3 is 2.95 bits per heavy atom. The van der Waals surface area contributed by atoms with E-state index < -0.39 is 0 Å². The van der Waals surface area contributed by atoms with Gasteiger partial charge in [-0.25, -0.2) is 4.98 Å². The number of aliphatic hydroxyl groups is 1. The summed E-state index contributed by atoms with van der Waals surface area (Å²) in [6.45, 7) is 4.43. The molecule has 0 radical (unpaired) electrons. The topological polar surface area (TPSA) is 62.2 Å². The Bertz CT molecular complexity index is 504. The van der Waals surface area contributed by atoms with Crippen molar-refractivity contribution in [3.63, 3.8) is 0 Å². The molecule has 19 heavy (non-hydrogen) atoms. The fourth-order valence-corrected chi connectivity index (χ4v) is 1.49. The highest BCUT2D eigenvalue weighted by Crippen LogP contribution is 2.19. The van der Waals surface area contributed by atoms with Crippen molar-refractivity contribution in [1.29, 1.82) is 0 Å². The van der Waals surface area contributed by atoms with E-state index in [0.29, 0.717) is 17.8 Å². The molecule has 0 saturated heterocycles. The standard InChI is InChI=1S/C14H18N2O2S/c1-14(2,19-3)10-16-13(18)12-11(7-5-9-17)6-4-8-15-12/h4,6,8,17H,9-10H2,1-3H3,(H,16,18). The Hall–Kier alpha value is -1.51. The number of aromatic nitrogens is 1. The number of aliphatic hydroxyl groups excluding tert-OH is 1. The first kappa shape index (κ1) is 15.5. The quantitative estimate of drug-likeness (QED) is 0.815. The fraction of sp³-hybridized carbons (Fsp3) is 0.429. The molecule has 1 amide bonds. The molecule has 5 heteroatoms. The van der Waals surface area contributed by atoms with Gasteiger partial charge >= 0.3 is 0 Å². The Morgan fingerprint density at radius 2 is 2.32 bits per heavy atom. The second kappa shape index (κ2) is 7.17. The van der Waals surface area contributed by atoms with Gasteiger partial charge in [0.2, 0.25) is 0 Å². The smallest absolute Gasteiger partial charge is 0.271 e. The van der Waals surface area contributed by atoms with Gasteiger partial charge in [0.05, 0.1) is 5.56 Å². The van der Waals surface area contributed by atoms with E-state index in [1.165, 1.54) is 0 Å². The number of nitrogens with one attached hydrogen (secondary N) is 1. The van der Waals surface area contributed by atoms with E-state index in [0.717, 1.165) is 0 Å². The van der Waals surface area contributed by atoms with E-state index in [1.807, 2.05) is 6.26 Å². The molecular weight excluding hydrogens is 260 g/mol. The molecule has 0 aromatic carbocycles. The maximum absolute atomic E-state index is 12.1. The molecule has 0 atom stereocenters. The lowest BCUT2D eigenvalue weighted by Crippen LogP contribution is -2.36. The molecule has 0 saturated carbocycles. The predicted octanol–water partition coefficient (Wildman–Crippen LogP) is 1.30. The number of pyridine rings is 1. The summed E-state index contributed by atoms with van der Waals surface area (Å²) >= 11 is 1.69. The lowest BCUT2D eigenvalue weighted by atomic mass is 10.1. The van der Waals surface area contributed by atoms with Crippen molar-refractivity contribution in [3.8, 4) is 11.8 Å². The molecule has 0 fully saturated rings. The van der Waals surface area contributed by atoms with Crippen LogP contribution in [-0.2, 0) is 0 Å². The lowest BCUT2D eigenvalue weighted by molar-refractivity contribution is 0.0945. The Labute approximate surface area is 118 Å². The van der Waals surface area contributed by atoms with Crippen molar-refractivity contribution >= 4 is 17.7 Å². The van der Waals surface area contributed by atoms with Gasteiger partial charge in [-0.3, -0.25) is 4.79 Å². The zero-order valence-electron chi connectivity index (χ0n) is 11.4. The molecule has 0 spiro atoms. The first-order valence-electron chi connectivity index (χ1n) is 5.88. The van der Waals surface area contributed by atoms with Crippen molar-refractivity contribution in [2.45, 2.75) is 18.6 Å². The normalized spacial score (nSPS) is 10.5. The van der Waals surface area contributed by atoms with Crippen LogP contribution in [0.4, 0.5) is 0 Å². The minimum atomic E-state index is -0.245. The van der Waals surface area contributed by atoms with Crippen molar-refractivity contribution in [2.24, 2.45) is 0 Å². The third-order valence-electron chi connectivity index (χ3n) is 2.55. The Kier molecular flexibility index (Phi) is 5.87. The molecule has 0 unspecified atom stereocenters. The van der Waals surface area contributed by atoms with Gasteiger partial charge < -0.3 is 10.4 Å². The van der Waals surface area contributed by atoms with Crippen LogP contribution in [-0.4, -0.2) is 40.2 Å². The number of rotatable bonds is 4. The van der Waals surface area contributed by atoms with Crippen molar-refractivity contribution in [1.82, 2.24) is 10.3 Å². The average Bonchev–Trinajstić information content (AvgIpc) is 2.43. The summed E-state index contributed by atoms with van der Waals surface area (Å²) in [7, 11) is 0. The number of amides is 1. The largest absolute Gasteiger partial charge is 0.384 e. The molecule has 4 nitrogen and oxygen atoms in total. The molecule has 2 N–H and O–H groups in total. The van der Waals surface area contributed by atoms with Crippen molar-refractivity contribution in [2.75, 3.05) is 19.4 Å². The monoisotopic (exact) mass is 278 g/mol. The van der Waals surface area contributed by atoms with Gasteiger partial charge in [0.25, 0.3) is 5.91 Å². The number of nitrogens with zero attached hydrogens (tertiary/aromatic N) is 1. The molecule has 1 aromatic rings. The zero-order chi connectivity index (χ0) is 14.3. The number of carbonyl (C=O) groups excluding carboxylic acids is 1. The van der Waals surface area contributed by atoms with E-state index in [4.69, 9.17) is 5.11 Å². The van der Waals surface area contributed by atoms with Crippen LogP contribution in [0.15, 0.2) is 18.3 Å². The number of hydrogen-bond acceptors (Lipinski definition) is 4. The summed E-state index contributed by atoms with van der Waals surface area (Å²) in [6, 6.07) is 3.42. The first-order valence-corrected chi connectivity index (χ1v) is 7.11. The SMILES string of the molecule is CSC(C)(C)CNC(=O)c1ncccc1C#CCO. The van der Waals surface area contributed by atoms with E-state index >= 15 is 0 Å². The van der Waals surface area contributed by atoms with E-state index in [-0.39, 0.29) is 17.3 Å². The summed E-state index contributed by atoms with van der Waals surface area (Å²) in [5.74, 6) is 5.01. The van der Waals surface area contributed by atoms with Gasteiger partial charge in [-0.05, 0) is 32.2 Å². The van der Waals surface area contributed by atoms with Crippen LogP contribution in [0.3, 0.4) is 0 Å². The minimum absolute atomic E-state index is 0.0264. The molecule has 0 aliphatic rings. The van der Waals surface area contributed by atoms with Crippen LogP contribution in [0.25, 0.3) is 0 Å². The second-order valence-corrected chi connectivity index (χ2v) is 6.02. The van der Waals surface area contributed by atoms with Gasteiger partial charge in [-0.1, -0.05) is 11.8 Å². The summed E-state index contributed by atoms with van der Waals surface area (Å²) in [6.07, 6.45) is 3.56. The number of thioether (sulfide) groups is 1. The summed E-state index contributed by atoms with van der Waals surface area (Å²) < 4.78 is -0.0264. The van der Waals surface area contributed by atoms with Crippen LogP contribution in [0.2, 0.25) is 0 Å². The third kappa shape index (κ3) is 4.93. The van der Waals surface area contributed by atoms with Crippen molar-refractivity contribution in [3.05, 3.63) is 29.6 Å². The highest BCUT2D eigenvalue weighted by Gasteiger charge is 2.19. The van der Waals surface area contributed by atoms with Crippen molar-refractivity contribution < 1.29 is 9.90 Å². The molecular formula is C14H18N2O2S. The summed E-state index contributed by atoms with van der Waals surface area (Å²) in [5.41, 5.74) is 0.816. The second-order valence-electron chi connectivity index (χ2n) is 4.51. The maximum atomic E-state index is 12.1. The van der Waals surface area contributed by atoms with Crippen LogP contribution < -0.4 is 5.32 Å². The number of hydrogen-bond donors (Lipinski definition) is 2. The van der Waals surface area contributed by atoms with Gasteiger partial charge in [0, 0.05) is 17.5 Å². The van der Waals surface area contributed by atoms with E-state index in [9.17, 15) is 4.79 Å². The Morgan fingerprint density at radius 1 is 1.58 bits per heavy atom. The minimum Gasteiger partial charge on any atom is -0.384 e. The van der Waals surface area contributed by atoms with Gasteiger partial charge in [-0.15, -0.1) is 0 Å². The predicted molar refractivity (Wildman–Crippen MR) is 78.1 cm³/mol. The Balaban J connectivity index is 2.83. The van der Waals surface area contributed by atoms with Crippen LogP contribution in [0, 0.1) is 11.8 Å². The third-order valence-corrected chi connectivity index (χ3v) is 3.80. The van der Waals surface area contributed by atoms with E-state index in [1.54, 1.807) is 30.1 Å². The maximum Gasteiger partial charge on any atom is 0.271 e. The van der Waals surface area contributed by atoms with Crippen LogP contribution in [0.5, 0.6) is 0 Å². The molecule has 0 aliphatic heterocycles. The molecule has 0 aliphatic carbocycles. The van der Waals surface area contributed by atoms with Gasteiger partial charge in [0.1, 0.15) is 12.3 Å².